The minimum Gasteiger partial charge on any atom is -0.295 e. The van der Waals surface area contributed by atoms with Gasteiger partial charge in [0.2, 0.25) is 10.0 Å². The number of ketones is 1. The maximum absolute atomic E-state index is 12.2. The van der Waals surface area contributed by atoms with Crippen LogP contribution in [0.3, 0.4) is 0 Å². The molecule has 0 spiro atoms. The second kappa shape index (κ2) is 5.86. The van der Waals surface area contributed by atoms with Crippen molar-refractivity contribution in [2.24, 2.45) is 5.92 Å². The molecule has 1 saturated heterocycles. The van der Waals surface area contributed by atoms with Gasteiger partial charge in [-0.2, -0.15) is 0 Å². The van der Waals surface area contributed by atoms with Crippen LogP contribution in [0.25, 0.3) is 0 Å². The number of Topliss-reactive ketones (excluding diaryl/α,β-unsaturated/α-hetero) is 1. The smallest absolute Gasteiger partial charge is 0.240 e. The van der Waals surface area contributed by atoms with Gasteiger partial charge in [-0.1, -0.05) is 12.1 Å². The van der Waals surface area contributed by atoms with Crippen LogP contribution in [0.1, 0.15) is 23.7 Å². The largest absolute Gasteiger partial charge is 0.295 e. The van der Waals surface area contributed by atoms with E-state index in [1.807, 2.05) is 0 Å². The van der Waals surface area contributed by atoms with Crippen LogP contribution < -0.4 is 4.72 Å². The number of sulfone groups is 1. The van der Waals surface area contributed by atoms with Crippen molar-refractivity contribution in [3.05, 3.63) is 29.8 Å². The van der Waals surface area contributed by atoms with Gasteiger partial charge in [0.15, 0.2) is 15.6 Å². The van der Waals surface area contributed by atoms with Crippen LogP contribution in [0.2, 0.25) is 0 Å². The zero-order valence-electron chi connectivity index (χ0n) is 11.6. The monoisotopic (exact) mass is 331 g/mol. The second-order valence-corrected chi connectivity index (χ2v) is 9.20. The van der Waals surface area contributed by atoms with Gasteiger partial charge in [-0.15, -0.1) is 0 Å². The van der Waals surface area contributed by atoms with Crippen molar-refractivity contribution in [2.75, 3.05) is 18.1 Å². The number of hydrogen-bond acceptors (Lipinski definition) is 5. The van der Waals surface area contributed by atoms with Crippen molar-refractivity contribution in [3.8, 4) is 0 Å². The van der Waals surface area contributed by atoms with Crippen LogP contribution in [0.15, 0.2) is 29.2 Å². The zero-order valence-corrected chi connectivity index (χ0v) is 13.2. The first-order chi connectivity index (χ1) is 9.70. The maximum atomic E-state index is 12.2. The van der Waals surface area contributed by atoms with Crippen LogP contribution in [0, 0.1) is 5.92 Å². The Hall–Kier alpha value is -1.25. The lowest BCUT2D eigenvalue weighted by molar-refractivity contribution is 0.101. The molecule has 0 aromatic heterocycles. The molecular formula is C13H17NO5S2. The summed E-state index contributed by atoms with van der Waals surface area (Å²) in [5.74, 6) is -0.280. The number of carbonyl (C=O) groups is 1. The molecule has 2 rings (SSSR count). The molecular weight excluding hydrogens is 314 g/mol. The predicted octanol–water partition coefficient (Wildman–Crippen LogP) is 0.602. The first-order valence-corrected chi connectivity index (χ1v) is 9.81. The summed E-state index contributed by atoms with van der Waals surface area (Å²) >= 11 is 0. The van der Waals surface area contributed by atoms with E-state index in [1.165, 1.54) is 25.1 Å². The molecule has 0 unspecified atom stereocenters. The van der Waals surface area contributed by atoms with Crippen molar-refractivity contribution < 1.29 is 21.6 Å². The van der Waals surface area contributed by atoms with Gasteiger partial charge in [0.05, 0.1) is 16.4 Å². The Balaban J connectivity index is 2.09. The molecule has 0 bridgehead atoms. The van der Waals surface area contributed by atoms with E-state index >= 15 is 0 Å². The average Bonchev–Trinajstić information content (AvgIpc) is 2.76. The molecule has 1 aliphatic rings. The summed E-state index contributed by atoms with van der Waals surface area (Å²) in [6.07, 6.45) is 0.471. The normalized spacial score (nSPS) is 21.3. The quantitative estimate of drug-likeness (QED) is 0.797. The van der Waals surface area contributed by atoms with Crippen molar-refractivity contribution in [3.63, 3.8) is 0 Å². The SMILES string of the molecule is CC(=O)c1cccc(S(=O)(=O)NC[C@H]2CCS(=O)(=O)C2)c1. The molecule has 0 aliphatic carbocycles. The van der Waals surface area contributed by atoms with Gasteiger partial charge in [-0.3, -0.25) is 4.79 Å². The summed E-state index contributed by atoms with van der Waals surface area (Å²) in [5, 5.41) is 0. The lowest BCUT2D eigenvalue weighted by Crippen LogP contribution is -2.30. The van der Waals surface area contributed by atoms with E-state index < -0.39 is 19.9 Å². The lowest BCUT2D eigenvalue weighted by Gasteiger charge is -2.11. The van der Waals surface area contributed by atoms with Gasteiger partial charge < -0.3 is 0 Å². The van der Waals surface area contributed by atoms with Crippen molar-refractivity contribution >= 4 is 25.6 Å². The molecule has 116 valence electrons. The van der Waals surface area contributed by atoms with Crippen LogP contribution >= 0.6 is 0 Å². The Bertz CT molecular complexity index is 753. The summed E-state index contributed by atoms with van der Waals surface area (Å²) in [6, 6.07) is 5.77. The first-order valence-electron chi connectivity index (χ1n) is 6.51. The van der Waals surface area contributed by atoms with Crippen molar-refractivity contribution in [2.45, 2.75) is 18.2 Å². The zero-order chi connectivity index (χ0) is 15.7. The topological polar surface area (TPSA) is 97.4 Å². The van der Waals surface area contributed by atoms with Crippen LogP contribution in [0.5, 0.6) is 0 Å². The van der Waals surface area contributed by atoms with Crippen molar-refractivity contribution in [1.82, 2.24) is 4.72 Å². The summed E-state index contributed by atoms with van der Waals surface area (Å²) < 4.78 is 49.4. The van der Waals surface area contributed by atoms with E-state index in [9.17, 15) is 21.6 Å². The Kier molecular flexibility index (Phi) is 4.50. The van der Waals surface area contributed by atoms with Gasteiger partial charge >= 0.3 is 0 Å². The van der Waals surface area contributed by atoms with Crippen LogP contribution in [0.4, 0.5) is 0 Å². The number of nitrogens with one attached hydrogen (secondary N) is 1. The third-order valence-corrected chi connectivity index (χ3v) is 6.70. The van der Waals surface area contributed by atoms with Gasteiger partial charge in [-0.05, 0) is 31.4 Å². The fraction of sp³-hybridized carbons (Fsp3) is 0.462. The number of sulfonamides is 1. The van der Waals surface area contributed by atoms with E-state index in [-0.39, 0.29) is 34.6 Å². The third kappa shape index (κ3) is 4.12. The number of carbonyl (C=O) groups excluding carboxylic acids is 1. The number of rotatable bonds is 5. The molecule has 0 amide bonds. The summed E-state index contributed by atoms with van der Waals surface area (Å²) in [5.41, 5.74) is 0.321. The van der Waals surface area contributed by atoms with Gasteiger partial charge in [-0.25, -0.2) is 21.6 Å². The molecule has 0 saturated carbocycles. The number of benzene rings is 1. The first kappa shape index (κ1) is 16.1. The Morgan fingerprint density at radius 3 is 2.67 bits per heavy atom. The second-order valence-electron chi connectivity index (χ2n) is 5.20. The fourth-order valence-corrected chi connectivity index (χ4v) is 5.25. The highest BCUT2D eigenvalue weighted by molar-refractivity contribution is 7.91. The Morgan fingerprint density at radius 2 is 2.10 bits per heavy atom. The molecule has 21 heavy (non-hydrogen) atoms. The van der Waals surface area contributed by atoms with E-state index in [0.717, 1.165) is 0 Å². The minimum absolute atomic E-state index is 0.0102. The van der Waals surface area contributed by atoms with E-state index in [2.05, 4.69) is 4.72 Å². The molecule has 6 nitrogen and oxygen atoms in total. The van der Waals surface area contributed by atoms with Crippen molar-refractivity contribution in [1.29, 1.82) is 0 Å². The number of hydrogen-bond donors (Lipinski definition) is 1. The molecule has 1 atom stereocenters. The predicted molar refractivity (Wildman–Crippen MR) is 78.4 cm³/mol. The molecule has 1 heterocycles. The molecule has 1 fully saturated rings. The highest BCUT2D eigenvalue weighted by Gasteiger charge is 2.29. The average molecular weight is 331 g/mol. The van der Waals surface area contributed by atoms with Gasteiger partial charge in [0.1, 0.15) is 0 Å². The minimum atomic E-state index is -3.74. The van der Waals surface area contributed by atoms with E-state index in [4.69, 9.17) is 0 Å². The van der Waals surface area contributed by atoms with Gasteiger partial charge in [0, 0.05) is 12.1 Å². The molecule has 1 aromatic rings. The summed E-state index contributed by atoms with van der Waals surface area (Å²) in [6.45, 7) is 1.45. The molecule has 1 N–H and O–H groups in total. The highest BCUT2D eigenvalue weighted by atomic mass is 32.2. The summed E-state index contributed by atoms with van der Waals surface area (Å²) in [4.78, 5) is 11.3. The molecule has 8 heteroatoms. The lowest BCUT2D eigenvalue weighted by atomic mass is 10.1. The Labute approximate surface area is 124 Å². The summed E-state index contributed by atoms with van der Waals surface area (Å²) in [7, 11) is -6.76. The maximum Gasteiger partial charge on any atom is 0.240 e. The Morgan fingerprint density at radius 1 is 1.38 bits per heavy atom. The molecule has 1 aliphatic heterocycles. The van der Waals surface area contributed by atoms with E-state index in [0.29, 0.717) is 12.0 Å². The van der Waals surface area contributed by atoms with Crippen LogP contribution in [-0.4, -0.2) is 40.7 Å². The van der Waals surface area contributed by atoms with Crippen LogP contribution in [-0.2, 0) is 19.9 Å². The molecule has 0 radical (unpaired) electrons. The highest BCUT2D eigenvalue weighted by Crippen LogP contribution is 2.19. The fourth-order valence-electron chi connectivity index (χ4n) is 2.23. The molecule has 1 aromatic carbocycles. The van der Waals surface area contributed by atoms with Gasteiger partial charge in [0.25, 0.3) is 0 Å². The van der Waals surface area contributed by atoms with E-state index in [1.54, 1.807) is 6.07 Å². The standard InChI is InChI=1S/C13H17NO5S2/c1-10(15)12-3-2-4-13(7-12)21(18,19)14-8-11-5-6-20(16,17)9-11/h2-4,7,11,14H,5-6,8-9H2,1H3/t11-/m1/s1. The third-order valence-electron chi connectivity index (χ3n) is 3.44.